The Morgan fingerprint density at radius 2 is 1.74 bits per heavy atom. The summed E-state index contributed by atoms with van der Waals surface area (Å²) in [7, 11) is 0. The summed E-state index contributed by atoms with van der Waals surface area (Å²) in [5.41, 5.74) is 3.39. The van der Waals surface area contributed by atoms with Gasteiger partial charge in [-0.2, -0.15) is 5.10 Å². The summed E-state index contributed by atoms with van der Waals surface area (Å²) in [4.78, 5) is 0. The number of aliphatic hydroxyl groups excluding tert-OH is 1. The molecule has 0 amide bonds. The molecule has 0 aliphatic rings. The number of aliphatic hydroxyl groups is 1. The number of hydrogen-bond donors (Lipinski definition) is 2. The fourth-order valence-corrected chi connectivity index (χ4v) is 2.53. The number of nitrogens with one attached hydrogen (secondary N) is 1. The molecule has 0 saturated carbocycles. The molecule has 0 aliphatic heterocycles. The van der Waals surface area contributed by atoms with Gasteiger partial charge in [0.1, 0.15) is 0 Å². The van der Waals surface area contributed by atoms with Crippen molar-refractivity contribution in [2.45, 2.75) is 19.1 Å². The van der Waals surface area contributed by atoms with E-state index in [1.165, 1.54) is 5.56 Å². The van der Waals surface area contributed by atoms with Crippen molar-refractivity contribution in [3.8, 4) is 5.69 Å². The molecule has 3 aromatic rings. The highest BCUT2D eigenvalue weighted by molar-refractivity contribution is 5.33. The van der Waals surface area contributed by atoms with Gasteiger partial charge in [0.05, 0.1) is 11.8 Å². The smallest absolute Gasteiger partial charge is 0.0704 e. The molecule has 0 radical (unpaired) electrons. The average molecular weight is 307 g/mol. The van der Waals surface area contributed by atoms with Gasteiger partial charge < -0.3 is 10.4 Å². The molecule has 23 heavy (non-hydrogen) atoms. The van der Waals surface area contributed by atoms with Crippen LogP contribution < -0.4 is 5.32 Å². The van der Waals surface area contributed by atoms with Crippen LogP contribution in [0.3, 0.4) is 0 Å². The van der Waals surface area contributed by atoms with Crippen molar-refractivity contribution in [2.75, 3.05) is 6.54 Å². The topological polar surface area (TPSA) is 50.1 Å². The van der Waals surface area contributed by atoms with Crippen molar-refractivity contribution in [3.63, 3.8) is 0 Å². The van der Waals surface area contributed by atoms with Crippen molar-refractivity contribution < 1.29 is 5.11 Å². The molecule has 1 heterocycles. The van der Waals surface area contributed by atoms with Crippen LogP contribution >= 0.6 is 0 Å². The highest BCUT2D eigenvalue weighted by Crippen LogP contribution is 2.08. The Kier molecular flexibility index (Phi) is 5.19. The number of aromatic nitrogens is 2. The van der Waals surface area contributed by atoms with Crippen LogP contribution in [0.1, 0.15) is 11.1 Å². The van der Waals surface area contributed by atoms with Gasteiger partial charge >= 0.3 is 0 Å². The lowest BCUT2D eigenvalue weighted by atomic mass is 10.1. The van der Waals surface area contributed by atoms with Gasteiger partial charge in [0.15, 0.2) is 0 Å². The molecule has 2 aromatic carbocycles. The molecule has 118 valence electrons. The molecule has 0 aliphatic carbocycles. The molecular formula is C19H21N3O. The lowest BCUT2D eigenvalue weighted by molar-refractivity contribution is 0.171. The van der Waals surface area contributed by atoms with Crippen LogP contribution in [0.5, 0.6) is 0 Å². The quantitative estimate of drug-likeness (QED) is 0.705. The molecule has 4 nitrogen and oxygen atoms in total. The zero-order valence-corrected chi connectivity index (χ0v) is 13.0. The first-order chi connectivity index (χ1) is 11.3. The van der Waals surface area contributed by atoms with Crippen LogP contribution in [0.25, 0.3) is 5.69 Å². The summed E-state index contributed by atoms with van der Waals surface area (Å²) in [6.07, 6.45) is 3.99. The lowest BCUT2D eigenvalue weighted by Gasteiger charge is -2.12. The van der Waals surface area contributed by atoms with Crippen LogP contribution in [-0.2, 0) is 13.0 Å². The minimum absolute atomic E-state index is 0.374. The van der Waals surface area contributed by atoms with Gasteiger partial charge in [0.25, 0.3) is 0 Å². The molecule has 4 heteroatoms. The maximum absolute atomic E-state index is 10.1. The SMILES string of the molecule is OC(CNCc1ccc(-n2cccn2)cc1)Cc1ccccc1. The average Bonchev–Trinajstić information content (AvgIpc) is 3.11. The van der Waals surface area contributed by atoms with Gasteiger partial charge in [-0.1, -0.05) is 42.5 Å². The third-order valence-electron chi connectivity index (χ3n) is 3.73. The zero-order chi connectivity index (χ0) is 15.9. The molecule has 0 spiro atoms. The van der Waals surface area contributed by atoms with Gasteiger partial charge in [-0.05, 0) is 35.7 Å². The summed E-state index contributed by atoms with van der Waals surface area (Å²) < 4.78 is 1.83. The second kappa shape index (κ2) is 7.72. The molecule has 1 atom stereocenters. The summed E-state index contributed by atoms with van der Waals surface area (Å²) in [5, 5.41) is 17.6. The van der Waals surface area contributed by atoms with Crippen LogP contribution in [0.15, 0.2) is 73.1 Å². The van der Waals surface area contributed by atoms with E-state index in [2.05, 4.69) is 22.5 Å². The summed E-state index contributed by atoms with van der Waals surface area (Å²) in [5.74, 6) is 0. The summed E-state index contributed by atoms with van der Waals surface area (Å²) in [6.45, 7) is 1.32. The number of hydrogen-bond acceptors (Lipinski definition) is 3. The van der Waals surface area contributed by atoms with E-state index < -0.39 is 0 Å². The molecule has 0 fully saturated rings. The first kappa shape index (κ1) is 15.5. The van der Waals surface area contributed by atoms with E-state index in [1.54, 1.807) is 6.20 Å². The highest BCUT2D eigenvalue weighted by atomic mass is 16.3. The van der Waals surface area contributed by atoms with Crippen molar-refractivity contribution in [3.05, 3.63) is 84.2 Å². The monoisotopic (exact) mass is 307 g/mol. The van der Waals surface area contributed by atoms with Gasteiger partial charge in [0.2, 0.25) is 0 Å². The van der Waals surface area contributed by atoms with Gasteiger partial charge in [-0.25, -0.2) is 4.68 Å². The Bertz CT molecular complexity index is 693. The van der Waals surface area contributed by atoms with E-state index >= 15 is 0 Å². The second-order valence-electron chi connectivity index (χ2n) is 5.59. The minimum Gasteiger partial charge on any atom is -0.391 e. The molecule has 1 unspecified atom stereocenters. The fraction of sp³-hybridized carbons (Fsp3) is 0.211. The van der Waals surface area contributed by atoms with E-state index in [-0.39, 0.29) is 6.10 Å². The van der Waals surface area contributed by atoms with E-state index in [4.69, 9.17) is 0 Å². The van der Waals surface area contributed by atoms with Crippen LogP contribution in [-0.4, -0.2) is 27.5 Å². The van der Waals surface area contributed by atoms with Crippen LogP contribution in [0.2, 0.25) is 0 Å². The first-order valence-corrected chi connectivity index (χ1v) is 7.83. The van der Waals surface area contributed by atoms with Crippen LogP contribution in [0.4, 0.5) is 0 Å². The number of rotatable bonds is 7. The minimum atomic E-state index is -0.374. The normalized spacial score (nSPS) is 12.2. The van der Waals surface area contributed by atoms with E-state index in [0.717, 1.165) is 17.8 Å². The largest absolute Gasteiger partial charge is 0.391 e. The molecule has 3 rings (SSSR count). The maximum Gasteiger partial charge on any atom is 0.0704 e. The number of nitrogens with zero attached hydrogens (tertiary/aromatic N) is 2. The van der Waals surface area contributed by atoms with Crippen molar-refractivity contribution >= 4 is 0 Å². The van der Waals surface area contributed by atoms with Crippen molar-refractivity contribution in [2.24, 2.45) is 0 Å². The Balaban J connectivity index is 1.45. The lowest BCUT2D eigenvalue weighted by Crippen LogP contribution is -2.28. The molecule has 2 N–H and O–H groups in total. The standard InChI is InChI=1S/C19H21N3O/c23-19(13-16-5-2-1-3-6-16)15-20-14-17-7-9-18(10-8-17)22-12-4-11-21-22/h1-12,19-20,23H,13-15H2. The predicted octanol–water partition coefficient (Wildman–Crippen LogP) is 2.57. The third-order valence-corrected chi connectivity index (χ3v) is 3.73. The summed E-state index contributed by atoms with van der Waals surface area (Å²) >= 11 is 0. The molecule has 0 bridgehead atoms. The summed E-state index contributed by atoms with van der Waals surface area (Å²) in [6, 6.07) is 20.2. The first-order valence-electron chi connectivity index (χ1n) is 7.83. The van der Waals surface area contributed by atoms with Crippen molar-refractivity contribution in [1.82, 2.24) is 15.1 Å². The van der Waals surface area contributed by atoms with Crippen LogP contribution in [0, 0.1) is 0 Å². The Labute approximate surface area is 136 Å². The maximum atomic E-state index is 10.1. The van der Waals surface area contributed by atoms with Crippen molar-refractivity contribution in [1.29, 1.82) is 0 Å². The Hall–Kier alpha value is -2.43. The van der Waals surface area contributed by atoms with E-state index in [1.807, 2.05) is 59.4 Å². The van der Waals surface area contributed by atoms with Gasteiger partial charge in [-0.3, -0.25) is 0 Å². The Morgan fingerprint density at radius 3 is 2.43 bits per heavy atom. The third kappa shape index (κ3) is 4.52. The predicted molar refractivity (Wildman–Crippen MR) is 91.4 cm³/mol. The zero-order valence-electron chi connectivity index (χ0n) is 13.0. The Morgan fingerprint density at radius 1 is 0.957 bits per heavy atom. The second-order valence-corrected chi connectivity index (χ2v) is 5.59. The van der Waals surface area contributed by atoms with E-state index in [9.17, 15) is 5.11 Å². The van der Waals surface area contributed by atoms with E-state index in [0.29, 0.717) is 13.0 Å². The highest BCUT2D eigenvalue weighted by Gasteiger charge is 2.05. The molecular weight excluding hydrogens is 286 g/mol. The molecule has 1 aromatic heterocycles. The fourth-order valence-electron chi connectivity index (χ4n) is 2.53. The van der Waals surface area contributed by atoms with Gasteiger partial charge in [0, 0.05) is 25.5 Å². The number of benzene rings is 2. The van der Waals surface area contributed by atoms with Gasteiger partial charge in [-0.15, -0.1) is 0 Å². The molecule has 0 saturated heterocycles.